The fourth-order valence-corrected chi connectivity index (χ4v) is 1.05. The summed E-state index contributed by atoms with van der Waals surface area (Å²) in [5, 5.41) is 12.0. The van der Waals surface area contributed by atoms with Crippen molar-refractivity contribution >= 4 is 5.91 Å². The molecule has 0 heterocycles. The minimum Gasteiger partial charge on any atom is -0.393 e. The predicted molar refractivity (Wildman–Crippen MR) is 56.8 cm³/mol. The second kappa shape index (κ2) is 7.76. The van der Waals surface area contributed by atoms with Gasteiger partial charge >= 0.3 is 0 Å². The largest absolute Gasteiger partial charge is 0.393 e. The molecule has 0 fully saturated rings. The van der Waals surface area contributed by atoms with Gasteiger partial charge in [-0.05, 0) is 25.3 Å². The summed E-state index contributed by atoms with van der Waals surface area (Å²) in [6.45, 7) is 4.94. The molecule has 1 amide bonds. The Kier molecular flexibility index (Phi) is 7.42. The normalized spacial score (nSPS) is 14.9. The highest BCUT2D eigenvalue weighted by molar-refractivity contribution is 5.76. The molecule has 0 bridgehead atoms. The lowest BCUT2D eigenvalue weighted by atomic mass is 10.1. The molecule has 4 nitrogen and oxygen atoms in total. The molecule has 4 heteroatoms. The summed E-state index contributed by atoms with van der Waals surface area (Å²) in [7, 11) is 0. The molecule has 0 aromatic heterocycles. The van der Waals surface area contributed by atoms with Crippen LogP contribution in [0.25, 0.3) is 0 Å². The Morgan fingerprint density at radius 1 is 1.57 bits per heavy atom. The lowest BCUT2D eigenvalue weighted by Crippen LogP contribution is -2.29. The SMILES string of the molecule is CCC(O)CCNC(=O)CC(C)CN. The molecule has 0 aromatic carbocycles. The molecule has 2 unspecified atom stereocenters. The Labute approximate surface area is 85.9 Å². The van der Waals surface area contributed by atoms with Gasteiger partial charge in [0, 0.05) is 13.0 Å². The minimum absolute atomic E-state index is 0.0197. The van der Waals surface area contributed by atoms with Gasteiger partial charge in [-0.15, -0.1) is 0 Å². The summed E-state index contributed by atoms with van der Waals surface area (Å²) in [6.07, 6.45) is 1.52. The van der Waals surface area contributed by atoms with E-state index in [0.717, 1.165) is 6.42 Å². The maximum atomic E-state index is 11.2. The molecule has 14 heavy (non-hydrogen) atoms. The van der Waals surface area contributed by atoms with Crippen molar-refractivity contribution in [1.29, 1.82) is 0 Å². The van der Waals surface area contributed by atoms with E-state index in [4.69, 9.17) is 5.73 Å². The van der Waals surface area contributed by atoms with E-state index < -0.39 is 0 Å². The fourth-order valence-electron chi connectivity index (χ4n) is 1.05. The summed E-state index contributed by atoms with van der Waals surface area (Å²) in [4.78, 5) is 11.2. The third-order valence-corrected chi connectivity index (χ3v) is 2.21. The third-order valence-electron chi connectivity index (χ3n) is 2.21. The average Bonchev–Trinajstić information content (AvgIpc) is 2.17. The van der Waals surface area contributed by atoms with Crippen molar-refractivity contribution in [3.05, 3.63) is 0 Å². The third kappa shape index (κ3) is 6.86. The highest BCUT2D eigenvalue weighted by Crippen LogP contribution is 1.99. The molecule has 0 aliphatic rings. The zero-order chi connectivity index (χ0) is 11.0. The van der Waals surface area contributed by atoms with Crippen LogP contribution in [0.15, 0.2) is 0 Å². The number of carbonyl (C=O) groups excluding carboxylic acids is 1. The molecule has 0 aliphatic heterocycles. The minimum atomic E-state index is -0.303. The van der Waals surface area contributed by atoms with Crippen LogP contribution in [-0.2, 0) is 4.79 Å². The number of rotatable bonds is 7. The first kappa shape index (κ1) is 13.4. The van der Waals surface area contributed by atoms with Crippen LogP contribution in [0.3, 0.4) is 0 Å². The Hall–Kier alpha value is -0.610. The zero-order valence-electron chi connectivity index (χ0n) is 9.12. The van der Waals surface area contributed by atoms with Crippen LogP contribution in [0.1, 0.15) is 33.1 Å². The Bertz CT molecular complexity index is 162. The van der Waals surface area contributed by atoms with Crippen molar-refractivity contribution < 1.29 is 9.90 Å². The van der Waals surface area contributed by atoms with Gasteiger partial charge in [0.15, 0.2) is 0 Å². The summed E-state index contributed by atoms with van der Waals surface area (Å²) in [5.41, 5.74) is 5.40. The van der Waals surface area contributed by atoms with E-state index in [9.17, 15) is 9.90 Å². The van der Waals surface area contributed by atoms with Gasteiger partial charge in [-0.3, -0.25) is 4.79 Å². The van der Waals surface area contributed by atoms with Crippen molar-refractivity contribution in [3.63, 3.8) is 0 Å². The first-order valence-corrected chi connectivity index (χ1v) is 5.25. The van der Waals surface area contributed by atoms with E-state index in [1.54, 1.807) is 0 Å². The molecule has 0 aliphatic carbocycles. The van der Waals surface area contributed by atoms with Gasteiger partial charge in [0.05, 0.1) is 6.10 Å². The van der Waals surface area contributed by atoms with E-state index in [2.05, 4.69) is 5.32 Å². The summed E-state index contributed by atoms with van der Waals surface area (Å²) in [5.74, 6) is 0.248. The fraction of sp³-hybridized carbons (Fsp3) is 0.900. The van der Waals surface area contributed by atoms with Crippen LogP contribution >= 0.6 is 0 Å². The first-order chi connectivity index (χ1) is 6.60. The smallest absolute Gasteiger partial charge is 0.220 e. The van der Waals surface area contributed by atoms with E-state index in [1.807, 2.05) is 13.8 Å². The molecule has 0 rings (SSSR count). The van der Waals surface area contributed by atoms with Gasteiger partial charge in [-0.1, -0.05) is 13.8 Å². The van der Waals surface area contributed by atoms with Gasteiger partial charge in [0.1, 0.15) is 0 Å². The van der Waals surface area contributed by atoms with E-state index in [1.165, 1.54) is 0 Å². The molecule has 84 valence electrons. The van der Waals surface area contributed by atoms with E-state index >= 15 is 0 Å². The van der Waals surface area contributed by atoms with Crippen LogP contribution in [0, 0.1) is 5.92 Å². The number of aliphatic hydroxyl groups is 1. The molecule has 0 saturated heterocycles. The maximum Gasteiger partial charge on any atom is 0.220 e. The summed E-state index contributed by atoms with van der Waals surface area (Å²) in [6, 6.07) is 0. The van der Waals surface area contributed by atoms with Gasteiger partial charge in [0.2, 0.25) is 5.91 Å². The first-order valence-electron chi connectivity index (χ1n) is 5.25. The number of hydrogen-bond donors (Lipinski definition) is 3. The Balaban J connectivity index is 3.44. The summed E-state index contributed by atoms with van der Waals surface area (Å²) < 4.78 is 0. The molecule has 0 spiro atoms. The van der Waals surface area contributed by atoms with Crippen molar-refractivity contribution in [3.8, 4) is 0 Å². The van der Waals surface area contributed by atoms with E-state index in [0.29, 0.717) is 25.9 Å². The Morgan fingerprint density at radius 3 is 2.71 bits per heavy atom. The topological polar surface area (TPSA) is 75.3 Å². The monoisotopic (exact) mass is 202 g/mol. The number of aliphatic hydroxyl groups excluding tert-OH is 1. The average molecular weight is 202 g/mol. The van der Waals surface area contributed by atoms with Gasteiger partial charge < -0.3 is 16.2 Å². The highest BCUT2D eigenvalue weighted by atomic mass is 16.3. The van der Waals surface area contributed by atoms with Crippen LogP contribution < -0.4 is 11.1 Å². The predicted octanol–water partition coefficient (Wildman–Crippen LogP) is 0.249. The van der Waals surface area contributed by atoms with Gasteiger partial charge in [-0.2, -0.15) is 0 Å². The molecule has 0 radical (unpaired) electrons. The standard InChI is InChI=1S/C10H22N2O2/c1-3-9(13)4-5-12-10(14)6-8(2)7-11/h8-9,13H,3-7,11H2,1-2H3,(H,12,14). The second-order valence-electron chi connectivity index (χ2n) is 3.75. The van der Waals surface area contributed by atoms with Crippen molar-refractivity contribution in [2.75, 3.05) is 13.1 Å². The molecular weight excluding hydrogens is 180 g/mol. The Morgan fingerprint density at radius 2 is 2.21 bits per heavy atom. The van der Waals surface area contributed by atoms with Crippen LogP contribution in [-0.4, -0.2) is 30.2 Å². The molecule has 2 atom stereocenters. The van der Waals surface area contributed by atoms with Crippen molar-refractivity contribution in [1.82, 2.24) is 5.32 Å². The quantitative estimate of drug-likeness (QED) is 0.554. The molecular formula is C10H22N2O2. The van der Waals surface area contributed by atoms with Crippen molar-refractivity contribution in [2.24, 2.45) is 11.7 Å². The number of nitrogens with two attached hydrogens (primary N) is 1. The lowest BCUT2D eigenvalue weighted by molar-refractivity contribution is -0.121. The number of carbonyl (C=O) groups is 1. The van der Waals surface area contributed by atoms with Crippen LogP contribution in [0.4, 0.5) is 0 Å². The highest BCUT2D eigenvalue weighted by Gasteiger charge is 2.07. The van der Waals surface area contributed by atoms with Gasteiger partial charge in [0.25, 0.3) is 0 Å². The molecule has 0 saturated carbocycles. The molecule has 0 aromatic rings. The van der Waals surface area contributed by atoms with Crippen LogP contribution in [0.5, 0.6) is 0 Å². The van der Waals surface area contributed by atoms with Crippen molar-refractivity contribution in [2.45, 2.75) is 39.2 Å². The van der Waals surface area contributed by atoms with Crippen LogP contribution in [0.2, 0.25) is 0 Å². The number of hydrogen-bond acceptors (Lipinski definition) is 3. The molecule has 4 N–H and O–H groups in total. The second-order valence-corrected chi connectivity index (χ2v) is 3.75. The summed E-state index contributed by atoms with van der Waals surface area (Å²) >= 11 is 0. The number of amides is 1. The van der Waals surface area contributed by atoms with Gasteiger partial charge in [-0.25, -0.2) is 0 Å². The number of nitrogens with one attached hydrogen (secondary N) is 1. The maximum absolute atomic E-state index is 11.2. The zero-order valence-corrected chi connectivity index (χ0v) is 9.12. The lowest BCUT2D eigenvalue weighted by Gasteiger charge is -2.10. The van der Waals surface area contributed by atoms with E-state index in [-0.39, 0.29) is 17.9 Å².